The Morgan fingerprint density at radius 3 is 2.97 bits per heavy atom. The van der Waals surface area contributed by atoms with Crippen LogP contribution in [0.1, 0.15) is 22.7 Å². The van der Waals surface area contributed by atoms with Crippen LogP contribution in [0.15, 0.2) is 47.1 Å². The van der Waals surface area contributed by atoms with Crippen LogP contribution in [0.3, 0.4) is 0 Å². The molecule has 3 heterocycles. The van der Waals surface area contributed by atoms with E-state index in [2.05, 4.69) is 20.4 Å². The summed E-state index contributed by atoms with van der Waals surface area (Å²) in [5.41, 5.74) is 1.04. The van der Waals surface area contributed by atoms with Gasteiger partial charge in [0.1, 0.15) is 17.9 Å². The molecule has 1 aliphatic rings. The second-order valence-corrected chi connectivity index (χ2v) is 6.86. The van der Waals surface area contributed by atoms with Crippen molar-refractivity contribution in [3.8, 4) is 5.75 Å². The molecule has 0 saturated carbocycles. The summed E-state index contributed by atoms with van der Waals surface area (Å²) in [6, 6.07) is 11.2. The van der Waals surface area contributed by atoms with Crippen molar-refractivity contribution in [2.24, 2.45) is 0 Å². The quantitative estimate of drug-likeness (QED) is 0.584. The highest BCUT2D eigenvalue weighted by Gasteiger charge is 2.14. The number of hydrogen-bond donors (Lipinski definition) is 1. The normalized spacial score (nSPS) is 14.8. The van der Waals surface area contributed by atoms with Gasteiger partial charge < -0.3 is 19.3 Å². The predicted octanol–water partition coefficient (Wildman–Crippen LogP) is 2.25. The van der Waals surface area contributed by atoms with Crippen LogP contribution in [-0.2, 0) is 11.3 Å². The molecule has 8 nitrogen and oxygen atoms in total. The Kier molecular flexibility index (Phi) is 6.33. The lowest BCUT2D eigenvalue weighted by Gasteiger charge is -2.26. The number of fused-ring (bicyclic) bond motifs is 1. The van der Waals surface area contributed by atoms with Gasteiger partial charge in [-0.15, -0.1) is 0 Å². The molecule has 1 N–H and O–H groups in total. The lowest BCUT2D eigenvalue weighted by atomic mass is 10.2. The van der Waals surface area contributed by atoms with Crippen molar-refractivity contribution in [2.45, 2.75) is 13.0 Å². The van der Waals surface area contributed by atoms with E-state index in [0.717, 1.165) is 50.2 Å². The lowest BCUT2D eigenvalue weighted by Crippen LogP contribution is -2.38. The van der Waals surface area contributed by atoms with Crippen LogP contribution in [0.2, 0.25) is 0 Å². The SMILES string of the molecule is O=C(NCCCN1CCOCC1)c1cc(COc2cccc3cccnc23)on1. The maximum Gasteiger partial charge on any atom is 0.273 e. The fourth-order valence-electron chi connectivity index (χ4n) is 3.25. The second kappa shape index (κ2) is 9.49. The minimum Gasteiger partial charge on any atom is -0.483 e. The summed E-state index contributed by atoms with van der Waals surface area (Å²) >= 11 is 0. The van der Waals surface area contributed by atoms with Gasteiger partial charge in [0.2, 0.25) is 0 Å². The van der Waals surface area contributed by atoms with Gasteiger partial charge in [0.25, 0.3) is 5.91 Å². The van der Waals surface area contributed by atoms with E-state index in [9.17, 15) is 4.79 Å². The van der Waals surface area contributed by atoms with Crippen LogP contribution in [0, 0.1) is 0 Å². The standard InChI is InChI=1S/C21H24N4O4/c26-21(23-8-3-9-25-10-12-27-13-11-25)18-14-17(29-24-18)15-28-19-6-1-4-16-5-2-7-22-20(16)19/h1-2,4-7,14H,3,8-13,15H2,(H,23,26). The van der Waals surface area contributed by atoms with Gasteiger partial charge >= 0.3 is 0 Å². The molecule has 0 radical (unpaired) electrons. The van der Waals surface area contributed by atoms with Crippen LogP contribution in [0.5, 0.6) is 5.75 Å². The molecule has 0 atom stereocenters. The van der Waals surface area contributed by atoms with Crippen molar-refractivity contribution in [3.05, 3.63) is 54.0 Å². The fourth-order valence-corrected chi connectivity index (χ4v) is 3.25. The molecule has 1 aliphatic heterocycles. The number of rotatable bonds is 8. The molecule has 8 heteroatoms. The van der Waals surface area contributed by atoms with Gasteiger partial charge in [0.15, 0.2) is 11.5 Å². The number of morpholine rings is 1. The monoisotopic (exact) mass is 396 g/mol. The molecule has 0 spiro atoms. The molecule has 3 aromatic rings. The zero-order chi connectivity index (χ0) is 19.9. The number of aromatic nitrogens is 2. The zero-order valence-electron chi connectivity index (χ0n) is 16.2. The summed E-state index contributed by atoms with van der Waals surface area (Å²) < 4.78 is 16.4. The van der Waals surface area contributed by atoms with E-state index in [1.807, 2.05) is 30.3 Å². The minimum atomic E-state index is -0.242. The molecule has 0 aliphatic carbocycles. The van der Waals surface area contributed by atoms with Gasteiger partial charge in [-0.2, -0.15) is 0 Å². The molecule has 2 aromatic heterocycles. The second-order valence-electron chi connectivity index (χ2n) is 6.86. The average molecular weight is 396 g/mol. The number of benzene rings is 1. The highest BCUT2D eigenvalue weighted by Crippen LogP contribution is 2.23. The van der Waals surface area contributed by atoms with Gasteiger partial charge in [-0.25, -0.2) is 0 Å². The first kappa shape index (κ1) is 19.4. The molecule has 0 unspecified atom stereocenters. The zero-order valence-corrected chi connectivity index (χ0v) is 16.2. The summed E-state index contributed by atoms with van der Waals surface area (Å²) in [6.07, 6.45) is 2.61. The number of pyridine rings is 1. The van der Waals surface area contributed by atoms with E-state index in [-0.39, 0.29) is 18.2 Å². The van der Waals surface area contributed by atoms with Gasteiger partial charge in [-0.05, 0) is 25.1 Å². The maximum atomic E-state index is 12.2. The Morgan fingerprint density at radius 2 is 2.07 bits per heavy atom. The van der Waals surface area contributed by atoms with Gasteiger partial charge in [0, 0.05) is 37.3 Å². The van der Waals surface area contributed by atoms with Crippen molar-refractivity contribution in [1.82, 2.24) is 20.4 Å². The summed E-state index contributed by atoms with van der Waals surface area (Å²) in [5.74, 6) is 0.902. The molecule has 29 heavy (non-hydrogen) atoms. The van der Waals surface area contributed by atoms with Gasteiger partial charge in [-0.1, -0.05) is 23.4 Å². The molecule has 4 rings (SSSR count). The van der Waals surface area contributed by atoms with Gasteiger partial charge in [-0.3, -0.25) is 14.7 Å². The minimum absolute atomic E-state index is 0.174. The maximum absolute atomic E-state index is 12.2. The van der Waals surface area contributed by atoms with Crippen molar-refractivity contribution in [2.75, 3.05) is 39.4 Å². The summed E-state index contributed by atoms with van der Waals surface area (Å²) in [7, 11) is 0. The Balaban J connectivity index is 1.25. The number of nitrogens with zero attached hydrogens (tertiary/aromatic N) is 3. The first-order chi connectivity index (χ1) is 14.3. The van der Waals surface area contributed by atoms with E-state index in [4.69, 9.17) is 14.0 Å². The number of para-hydroxylation sites is 1. The number of nitrogens with one attached hydrogen (secondary N) is 1. The van der Waals surface area contributed by atoms with Crippen molar-refractivity contribution in [3.63, 3.8) is 0 Å². The number of carbonyl (C=O) groups excluding carboxylic acids is 1. The highest BCUT2D eigenvalue weighted by atomic mass is 16.5. The summed E-state index contributed by atoms with van der Waals surface area (Å²) in [4.78, 5) is 18.9. The largest absolute Gasteiger partial charge is 0.483 e. The van der Waals surface area contributed by atoms with Gasteiger partial charge in [0.05, 0.1) is 13.2 Å². The third-order valence-electron chi connectivity index (χ3n) is 4.80. The van der Waals surface area contributed by atoms with E-state index in [1.54, 1.807) is 12.3 Å². The highest BCUT2D eigenvalue weighted by molar-refractivity contribution is 5.92. The predicted molar refractivity (Wildman–Crippen MR) is 107 cm³/mol. The van der Waals surface area contributed by atoms with Crippen LogP contribution in [-0.4, -0.2) is 60.3 Å². The Morgan fingerprint density at radius 1 is 1.21 bits per heavy atom. The third kappa shape index (κ3) is 5.10. The molecule has 152 valence electrons. The number of hydrogen-bond acceptors (Lipinski definition) is 7. The van der Waals surface area contributed by atoms with Crippen LogP contribution in [0.25, 0.3) is 10.9 Å². The molecule has 1 fully saturated rings. The third-order valence-corrected chi connectivity index (χ3v) is 4.80. The fraction of sp³-hybridized carbons (Fsp3) is 0.381. The van der Waals surface area contributed by atoms with Crippen LogP contribution in [0.4, 0.5) is 0 Å². The van der Waals surface area contributed by atoms with E-state index < -0.39 is 0 Å². The van der Waals surface area contributed by atoms with E-state index in [1.165, 1.54) is 0 Å². The first-order valence-electron chi connectivity index (χ1n) is 9.80. The first-order valence-corrected chi connectivity index (χ1v) is 9.80. The van der Waals surface area contributed by atoms with Crippen molar-refractivity contribution in [1.29, 1.82) is 0 Å². The lowest BCUT2D eigenvalue weighted by molar-refractivity contribution is 0.0374. The topological polar surface area (TPSA) is 89.7 Å². The Labute approximate surface area is 168 Å². The van der Waals surface area contributed by atoms with Crippen LogP contribution < -0.4 is 10.1 Å². The number of ether oxygens (including phenoxy) is 2. The summed E-state index contributed by atoms with van der Waals surface area (Å²) in [5, 5.41) is 7.73. The van der Waals surface area contributed by atoms with E-state index in [0.29, 0.717) is 18.1 Å². The smallest absolute Gasteiger partial charge is 0.273 e. The molecule has 0 bridgehead atoms. The van der Waals surface area contributed by atoms with E-state index >= 15 is 0 Å². The Hall–Kier alpha value is -2.97. The average Bonchev–Trinajstić information content (AvgIpc) is 3.25. The summed E-state index contributed by atoms with van der Waals surface area (Å²) in [6.45, 7) is 5.18. The molecule has 1 amide bonds. The number of amides is 1. The number of carbonyl (C=O) groups is 1. The molecular weight excluding hydrogens is 372 g/mol. The Bertz CT molecular complexity index is 947. The van der Waals surface area contributed by atoms with Crippen LogP contribution >= 0.6 is 0 Å². The van der Waals surface area contributed by atoms with Crippen molar-refractivity contribution >= 4 is 16.8 Å². The molecule has 1 aromatic carbocycles. The molecule has 1 saturated heterocycles. The van der Waals surface area contributed by atoms with Crippen molar-refractivity contribution < 1.29 is 18.8 Å². The molecular formula is C21H24N4O4.